The van der Waals surface area contributed by atoms with Gasteiger partial charge in [-0.2, -0.15) is 0 Å². The third-order valence-electron chi connectivity index (χ3n) is 1.18. The molecule has 0 bridgehead atoms. The highest BCUT2D eigenvalue weighted by Gasteiger charge is 2.28. The van der Waals surface area contributed by atoms with E-state index in [0.717, 1.165) is 0 Å². The number of hydrogen-bond donors (Lipinski definition) is 0. The summed E-state index contributed by atoms with van der Waals surface area (Å²) < 4.78 is 48.3. The van der Waals surface area contributed by atoms with Gasteiger partial charge in [-0.25, -0.2) is 17.6 Å². The Balaban J connectivity index is 2.88. The Kier molecular flexibility index (Phi) is 1.78. The first-order valence-electron chi connectivity index (χ1n) is 2.64. The van der Waals surface area contributed by atoms with Gasteiger partial charge >= 0.3 is 0 Å². The van der Waals surface area contributed by atoms with Gasteiger partial charge < -0.3 is 0 Å². The van der Waals surface area contributed by atoms with Gasteiger partial charge in [0.25, 0.3) is 0 Å². The van der Waals surface area contributed by atoms with Crippen LogP contribution in [0.1, 0.15) is 0 Å². The van der Waals surface area contributed by atoms with Crippen LogP contribution in [0.3, 0.4) is 0 Å². The van der Waals surface area contributed by atoms with E-state index in [9.17, 15) is 17.6 Å². The number of hydrogen-bond acceptors (Lipinski definition) is 0. The SMILES string of the molecule is FC1=C(F)C(F)C(F)C=C1. The van der Waals surface area contributed by atoms with E-state index in [1.165, 1.54) is 0 Å². The van der Waals surface area contributed by atoms with E-state index < -0.39 is 24.0 Å². The summed E-state index contributed by atoms with van der Waals surface area (Å²) in [4.78, 5) is 0. The second kappa shape index (κ2) is 2.44. The normalized spacial score (nSPS) is 33.2. The number of allylic oxidation sites excluding steroid dienone is 4. The first-order valence-corrected chi connectivity index (χ1v) is 2.64. The van der Waals surface area contributed by atoms with Crippen LogP contribution in [0.25, 0.3) is 0 Å². The van der Waals surface area contributed by atoms with Gasteiger partial charge in [0.1, 0.15) is 0 Å². The zero-order chi connectivity index (χ0) is 7.72. The first kappa shape index (κ1) is 7.31. The van der Waals surface area contributed by atoms with Crippen LogP contribution in [-0.4, -0.2) is 12.3 Å². The van der Waals surface area contributed by atoms with Gasteiger partial charge in [-0.15, -0.1) is 0 Å². The highest BCUT2D eigenvalue weighted by Crippen LogP contribution is 2.25. The summed E-state index contributed by atoms with van der Waals surface area (Å²) >= 11 is 0. The van der Waals surface area contributed by atoms with Crippen LogP contribution < -0.4 is 0 Å². The Hall–Kier alpha value is -0.800. The van der Waals surface area contributed by atoms with Gasteiger partial charge in [-0.3, -0.25) is 0 Å². The molecular weight excluding hydrogens is 148 g/mol. The molecule has 0 radical (unpaired) electrons. The van der Waals surface area contributed by atoms with Crippen molar-refractivity contribution in [2.24, 2.45) is 0 Å². The molecule has 1 aliphatic rings. The smallest absolute Gasteiger partial charge is 0.189 e. The third-order valence-corrected chi connectivity index (χ3v) is 1.18. The van der Waals surface area contributed by atoms with Crippen molar-refractivity contribution in [2.45, 2.75) is 12.3 Å². The van der Waals surface area contributed by atoms with Gasteiger partial charge in [-0.1, -0.05) is 0 Å². The molecule has 2 unspecified atom stereocenters. The van der Waals surface area contributed by atoms with Crippen molar-refractivity contribution in [3.8, 4) is 0 Å². The maximum atomic E-state index is 12.1. The Labute approximate surface area is 54.8 Å². The van der Waals surface area contributed by atoms with Crippen LogP contribution in [0.5, 0.6) is 0 Å². The van der Waals surface area contributed by atoms with Gasteiger partial charge in [-0.05, 0) is 12.2 Å². The molecule has 0 heterocycles. The molecule has 4 heteroatoms. The van der Waals surface area contributed by atoms with Crippen LogP contribution >= 0.6 is 0 Å². The monoisotopic (exact) mass is 152 g/mol. The minimum Gasteiger partial charge on any atom is -0.239 e. The molecule has 56 valence electrons. The summed E-state index contributed by atoms with van der Waals surface area (Å²) in [6.07, 6.45) is -3.30. The van der Waals surface area contributed by atoms with Gasteiger partial charge in [0.2, 0.25) is 0 Å². The molecule has 1 rings (SSSR count). The molecular formula is C6H4F4. The van der Waals surface area contributed by atoms with Crippen molar-refractivity contribution in [2.75, 3.05) is 0 Å². The lowest BCUT2D eigenvalue weighted by molar-refractivity contribution is 0.199. The quantitative estimate of drug-likeness (QED) is 0.467. The lowest BCUT2D eigenvalue weighted by Gasteiger charge is -2.11. The number of alkyl halides is 2. The highest BCUT2D eigenvalue weighted by atomic mass is 19.2. The molecule has 0 fully saturated rings. The maximum Gasteiger partial charge on any atom is 0.189 e. The predicted molar refractivity (Wildman–Crippen MR) is 28.2 cm³/mol. The molecule has 0 aromatic carbocycles. The second-order valence-corrected chi connectivity index (χ2v) is 1.90. The lowest BCUT2D eigenvalue weighted by Crippen LogP contribution is -2.18. The average molecular weight is 152 g/mol. The van der Waals surface area contributed by atoms with Crippen LogP contribution in [0.2, 0.25) is 0 Å². The summed E-state index contributed by atoms with van der Waals surface area (Å²) in [7, 11) is 0. The molecule has 0 spiro atoms. The van der Waals surface area contributed by atoms with Crippen molar-refractivity contribution in [3.63, 3.8) is 0 Å². The lowest BCUT2D eigenvalue weighted by atomic mass is 10.1. The fourth-order valence-corrected chi connectivity index (χ4v) is 0.625. The second-order valence-electron chi connectivity index (χ2n) is 1.90. The van der Waals surface area contributed by atoms with E-state index in [2.05, 4.69) is 0 Å². The van der Waals surface area contributed by atoms with Crippen LogP contribution in [0.4, 0.5) is 17.6 Å². The fourth-order valence-electron chi connectivity index (χ4n) is 0.625. The van der Waals surface area contributed by atoms with E-state index in [0.29, 0.717) is 12.2 Å². The van der Waals surface area contributed by atoms with E-state index in [-0.39, 0.29) is 0 Å². The molecule has 2 atom stereocenters. The molecule has 0 aromatic rings. The molecule has 0 aromatic heterocycles. The summed E-state index contributed by atoms with van der Waals surface area (Å²) in [5.74, 6) is -2.99. The van der Waals surface area contributed by atoms with E-state index in [4.69, 9.17) is 0 Å². The largest absolute Gasteiger partial charge is 0.239 e. The topological polar surface area (TPSA) is 0 Å². The van der Waals surface area contributed by atoms with Crippen LogP contribution in [0.15, 0.2) is 23.8 Å². The van der Waals surface area contributed by atoms with Gasteiger partial charge in [0.15, 0.2) is 24.0 Å². The van der Waals surface area contributed by atoms with Gasteiger partial charge in [0, 0.05) is 0 Å². The molecule has 10 heavy (non-hydrogen) atoms. The summed E-state index contributed by atoms with van der Waals surface area (Å²) in [5.41, 5.74) is 0. The number of halogens is 4. The predicted octanol–water partition coefficient (Wildman–Crippen LogP) is 2.38. The Morgan fingerprint density at radius 2 is 1.80 bits per heavy atom. The molecule has 0 nitrogen and oxygen atoms in total. The Morgan fingerprint density at radius 3 is 2.30 bits per heavy atom. The highest BCUT2D eigenvalue weighted by molar-refractivity contribution is 5.26. The van der Waals surface area contributed by atoms with E-state index in [1.54, 1.807) is 0 Å². The molecule has 0 N–H and O–H groups in total. The molecule has 0 amide bonds. The molecule has 1 aliphatic carbocycles. The van der Waals surface area contributed by atoms with E-state index in [1.807, 2.05) is 0 Å². The zero-order valence-electron chi connectivity index (χ0n) is 4.82. The standard InChI is InChI=1S/C6H4F4/c7-3-1-2-4(8)6(10)5(3)9/h1-3,5H. The van der Waals surface area contributed by atoms with Crippen molar-refractivity contribution in [1.29, 1.82) is 0 Å². The van der Waals surface area contributed by atoms with Crippen molar-refractivity contribution in [3.05, 3.63) is 23.8 Å². The summed E-state index contributed by atoms with van der Waals surface area (Å²) in [6.45, 7) is 0. The van der Waals surface area contributed by atoms with Crippen molar-refractivity contribution < 1.29 is 17.6 Å². The molecule has 0 saturated heterocycles. The molecule has 0 saturated carbocycles. The zero-order valence-corrected chi connectivity index (χ0v) is 4.82. The summed E-state index contributed by atoms with van der Waals surface area (Å²) in [6, 6.07) is 0. The average Bonchev–Trinajstić information content (AvgIpc) is 1.93. The summed E-state index contributed by atoms with van der Waals surface area (Å²) in [5, 5.41) is 0. The van der Waals surface area contributed by atoms with E-state index >= 15 is 0 Å². The maximum absolute atomic E-state index is 12.1. The van der Waals surface area contributed by atoms with Gasteiger partial charge in [0.05, 0.1) is 0 Å². The first-order chi connectivity index (χ1) is 4.63. The van der Waals surface area contributed by atoms with Crippen molar-refractivity contribution in [1.82, 2.24) is 0 Å². The van der Waals surface area contributed by atoms with Crippen LogP contribution in [0, 0.1) is 0 Å². The van der Waals surface area contributed by atoms with Crippen molar-refractivity contribution >= 4 is 0 Å². The number of rotatable bonds is 0. The molecule has 0 aliphatic heterocycles. The third kappa shape index (κ3) is 1.05. The minimum absolute atomic E-state index is 0.579. The minimum atomic E-state index is -2.47. The Morgan fingerprint density at radius 1 is 1.20 bits per heavy atom. The fraction of sp³-hybridized carbons (Fsp3) is 0.333. The Bertz CT molecular complexity index is 194. The van der Waals surface area contributed by atoms with Crippen LogP contribution in [-0.2, 0) is 0 Å².